The van der Waals surface area contributed by atoms with Crippen LogP contribution < -0.4 is 10.1 Å². The van der Waals surface area contributed by atoms with Crippen molar-refractivity contribution in [2.45, 2.75) is 45.3 Å². The summed E-state index contributed by atoms with van der Waals surface area (Å²) in [6, 6.07) is 14.9. The van der Waals surface area contributed by atoms with Gasteiger partial charge < -0.3 is 15.0 Å². The number of alkyl halides is 3. The number of nitrogens with one attached hydrogen (secondary N) is 1. The molecule has 43 heavy (non-hydrogen) atoms. The van der Waals surface area contributed by atoms with Crippen LogP contribution in [0, 0.1) is 18.8 Å². The predicted octanol–water partition coefficient (Wildman–Crippen LogP) is 6.85. The molecular weight excluding hydrogens is 557 g/mol. The number of aryl methyl sites for hydroxylation is 1. The van der Waals surface area contributed by atoms with Gasteiger partial charge in [-0.1, -0.05) is 0 Å². The van der Waals surface area contributed by atoms with Crippen molar-refractivity contribution in [3.8, 4) is 11.5 Å². The highest BCUT2D eigenvalue weighted by Gasteiger charge is 2.30. The Morgan fingerprint density at radius 3 is 2.19 bits per heavy atom. The minimum absolute atomic E-state index is 0.0302. The van der Waals surface area contributed by atoms with Gasteiger partial charge in [-0.2, -0.15) is 18.3 Å². The van der Waals surface area contributed by atoms with Crippen molar-refractivity contribution in [1.82, 2.24) is 20.0 Å². The molecule has 1 saturated heterocycles. The molecule has 0 unspecified atom stereocenters. The van der Waals surface area contributed by atoms with Crippen LogP contribution in [-0.2, 0) is 12.7 Å². The molecule has 0 radical (unpaired) electrons. The first-order chi connectivity index (χ1) is 20.6. The van der Waals surface area contributed by atoms with Crippen LogP contribution in [0.1, 0.15) is 57.5 Å². The number of fused-ring (bicyclic) bond motifs is 1. The standard InChI is InChI=1S/C33H33F3N4O3/c1-21-28(31(41)37-18-22-2-3-22)12-13-30-29(21)20-40(38-30)19-23-14-16-39(17-15-23)32(42)24-4-8-26(9-5-24)43-27-10-6-25(7-11-27)33(34,35)36/h4-13,20,22-23H,2-3,14-19H2,1H3,(H,37,41). The number of likely N-dealkylation sites (tertiary alicyclic amines) is 1. The number of benzene rings is 3. The summed E-state index contributed by atoms with van der Waals surface area (Å²) < 4.78 is 45.9. The number of amides is 2. The maximum atomic E-state index is 13.1. The lowest BCUT2D eigenvalue weighted by Gasteiger charge is -2.32. The predicted molar refractivity (Wildman–Crippen MR) is 156 cm³/mol. The number of ether oxygens (including phenoxy) is 1. The molecule has 1 N–H and O–H groups in total. The molecule has 7 nitrogen and oxygen atoms in total. The van der Waals surface area contributed by atoms with Gasteiger partial charge in [0.15, 0.2) is 0 Å². The number of nitrogens with zero attached hydrogens (tertiary/aromatic N) is 3. The van der Waals surface area contributed by atoms with Gasteiger partial charge in [-0.15, -0.1) is 0 Å². The number of piperidine rings is 1. The van der Waals surface area contributed by atoms with Crippen LogP contribution in [0.3, 0.4) is 0 Å². The summed E-state index contributed by atoms with van der Waals surface area (Å²) in [5.41, 5.74) is 2.29. The van der Waals surface area contributed by atoms with E-state index in [-0.39, 0.29) is 17.6 Å². The molecule has 1 aromatic heterocycles. The summed E-state index contributed by atoms with van der Waals surface area (Å²) >= 11 is 0. The fraction of sp³-hybridized carbons (Fsp3) is 0.364. The Balaban J connectivity index is 1.01. The molecule has 10 heteroatoms. The summed E-state index contributed by atoms with van der Waals surface area (Å²) in [5, 5.41) is 8.78. The number of hydrogen-bond acceptors (Lipinski definition) is 4. The third-order valence-electron chi connectivity index (χ3n) is 8.36. The van der Waals surface area contributed by atoms with Crippen molar-refractivity contribution in [2.24, 2.45) is 11.8 Å². The number of halogens is 3. The zero-order valence-corrected chi connectivity index (χ0v) is 23.9. The minimum atomic E-state index is -4.40. The van der Waals surface area contributed by atoms with Gasteiger partial charge >= 0.3 is 6.18 Å². The first-order valence-electron chi connectivity index (χ1n) is 14.6. The van der Waals surface area contributed by atoms with Crippen LogP contribution in [0.15, 0.2) is 66.9 Å². The zero-order chi connectivity index (χ0) is 30.1. The third-order valence-corrected chi connectivity index (χ3v) is 8.36. The van der Waals surface area contributed by atoms with Crippen molar-refractivity contribution in [3.63, 3.8) is 0 Å². The Morgan fingerprint density at radius 1 is 0.907 bits per heavy atom. The molecule has 0 atom stereocenters. The Bertz CT molecular complexity index is 1620. The largest absolute Gasteiger partial charge is 0.457 e. The van der Waals surface area contributed by atoms with Gasteiger partial charge in [0.05, 0.1) is 11.1 Å². The van der Waals surface area contributed by atoms with Crippen molar-refractivity contribution in [1.29, 1.82) is 0 Å². The van der Waals surface area contributed by atoms with E-state index in [0.717, 1.165) is 54.5 Å². The highest BCUT2D eigenvalue weighted by Crippen LogP contribution is 2.32. The van der Waals surface area contributed by atoms with E-state index >= 15 is 0 Å². The highest BCUT2D eigenvalue weighted by atomic mass is 19.4. The Labute approximate surface area is 247 Å². The first kappa shape index (κ1) is 28.8. The lowest BCUT2D eigenvalue weighted by molar-refractivity contribution is -0.137. The zero-order valence-electron chi connectivity index (χ0n) is 23.9. The second-order valence-corrected chi connectivity index (χ2v) is 11.6. The normalized spacial score (nSPS) is 16.0. The van der Waals surface area contributed by atoms with E-state index in [0.29, 0.717) is 41.8 Å². The van der Waals surface area contributed by atoms with E-state index in [1.54, 1.807) is 24.3 Å². The van der Waals surface area contributed by atoms with Gasteiger partial charge in [-0.05, 0) is 111 Å². The molecule has 1 aliphatic heterocycles. The molecule has 2 fully saturated rings. The molecule has 1 aliphatic carbocycles. The Hall–Kier alpha value is -4.34. The van der Waals surface area contributed by atoms with E-state index in [1.807, 2.05) is 34.8 Å². The maximum Gasteiger partial charge on any atom is 0.416 e. The van der Waals surface area contributed by atoms with Gasteiger partial charge in [0.2, 0.25) is 0 Å². The quantitative estimate of drug-likeness (QED) is 0.244. The topological polar surface area (TPSA) is 76.5 Å². The molecule has 1 saturated carbocycles. The van der Waals surface area contributed by atoms with Crippen LogP contribution >= 0.6 is 0 Å². The molecule has 2 amide bonds. The Morgan fingerprint density at radius 2 is 1.56 bits per heavy atom. The van der Waals surface area contributed by atoms with Crippen LogP contribution in [0.4, 0.5) is 13.2 Å². The van der Waals surface area contributed by atoms with Gasteiger partial charge in [-0.25, -0.2) is 0 Å². The van der Waals surface area contributed by atoms with Crippen molar-refractivity contribution < 1.29 is 27.5 Å². The lowest BCUT2D eigenvalue weighted by atomic mass is 9.96. The number of hydrogen-bond donors (Lipinski definition) is 1. The van der Waals surface area contributed by atoms with Crippen molar-refractivity contribution in [3.05, 3.63) is 89.1 Å². The molecule has 224 valence electrons. The van der Waals surface area contributed by atoms with E-state index in [2.05, 4.69) is 5.32 Å². The molecule has 2 aliphatic rings. The summed E-state index contributed by atoms with van der Waals surface area (Å²) in [6.07, 6.45) is 1.71. The second-order valence-electron chi connectivity index (χ2n) is 11.6. The molecule has 4 aromatic rings. The van der Waals surface area contributed by atoms with Crippen LogP contribution in [0.5, 0.6) is 11.5 Å². The monoisotopic (exact) mass is 590 g/mol. The smallest absolute Gasteiger partial charge is 0.416 e. The molecule has 3 aromatic carbocycles. The SMILES string of the molecule is Cc1c(C(=O)NCC2CC2)ccc2nn(CC3CCN(C(=O)c4ccc(Oc5ccc(C(F)(F)F)cc5)cc4)CC3)cc12. The van der Waals surface area contributed by atoms with Crippen molar-refractivity contribution in [2.75, 3.05) is 19.6 Å². The average molecular weight is 591 g/mol. The molecular formula is C33H33F3N4O3. The van der Waals surface area contributed by atoms with E-state index < -0.39 is 11.7 Å². The molecule has 6 rings (SSSR count). The molecule has 0 bridgehead atoms. The molecule has 0 spiro atoms. The van der Waals surface area contributed by atoms with Gasteiger partial charge in [0.1, 0.15) is 11.5 Å². The fourth-order valence-electron chi connectivity index (χ4n) is 5.55. The maximum absolute atomic E-state index is 13.1. The van der Waals surface area contributed by atoms with E-state index in [9.17, 15) is 22.8 Å². The first-order valence-corrected chi connectivity index (χ1v) is 14.6. The number of carbonyl (C=O) groups is 2. The van der Waals surface area contributed by atoms with E-state index in [1.165, 1.54) is 25.0 Å². The summed E-state index contributed by atoms with van der Waals surface area (Å²) in [6.45, 7) is 4.73. The van der Waals surface area contributed by atoms with Crippen LogP contribution in [-0.4, -0.2) is 46.1 Å². The fourth-order valence-corrected chi connectivity index (χ4v) is 5.55. The lowest BCUT2D eigenvalue weighted by Crippen LogP contribution is -2.39. The molecule has 2 heterocycles. The summed E-state index contributed by atoms with van der Waals surface area (Å²) in [5.74, 6) is 1.62. The summed E-state index contributed by atoms with van der Waals surface area (Å²) in [4.78, 5) is 27.6. The number of carbonyl (C=O) groups excluding carboxylic acids is 2. The average Bonchev–Trinajstić information content (AvgIpc) is 3.74. The minimum Gasteiger partial charge on any atom is -0.457 e. The van der Waals surface area contributed by atoms with Crippen molar-refractivity contribution >= 4 is 22.7 Å². The van der Waals surface area contributed by atoms with Gasteiger partial charge in [0, 0.05) is 48.9 Å². The van der Waals surface area contributed by atoms with Crippen LogP contribution in [0.2, 0.25) is 0 Å². The second kappa shape index (κ2) is 11.7. The van der Waals surface area contributed by atoms with Crippen LogP contribution in [0.25, 0.3) is 10.9 Å². The van der Waals surface area contributed by atoms with Gasteiger partial charge in [-0.3, -0.25) is 14.3 Å². The van der Waals surface area contributed by atoms with E-state index in [4.69, 9.17) is 9.84 Å². The Kier molecular flexibility index (Phi) is 7.85. The summed E-state index contributed by atoms with van der Waals surface area (Å²) in [7, 11) is 0. The van der Waals surface area contributed by atoms with Gasteiger partial charge in [0.25, 0.3) is 11.8 Å². The number of rotatable bonds is 8. The third kappa shape index (κ3) is 6.68. The highest BCUT2D eigenvalue weighted by molar-refractivity contribution is 6.00. The number of aromatic nitrogens is 2.